The normalized spacial score (nSPS) is 13.2. The Hall–Kier alpha value is -1.35. The lowest BCUT2D eigenvalue weighted by Crippen LogP contribution is -2.51. The molecule has 1 atom stereocenters. The van der Waals surface area contributed by atoms with Crippen LogP contribution < -0.4 is 10.6 Å². The van der Waals surface area contributed by atoms with E-state index < -0.39 is 5.54 Å². The van der Waals surface area contributed by atoms with E-state index in [-0.39, 0.29) is 11.9 Å². The molecule has 88 valence electrons. The molecule has 0 aliphatic heterocycles. The summed E-state index contributed by atoms with van der Waals surface area (Å²) in [5.74, 6) is 0.00588. The van der Waals surface area contributed by atoms with Gasteiger partial charge in [0.1, 0.15) is 0 Å². The third kappa shape index (κ3) is 3.07. The Labute approximate surface area is 97.2 Å². The van der Waals surface area contributed by atoms with Gasteiger partial charge in [-0.3, -0.25) is 4.79 Å². The highest BCUT2D eigenvalue weighted by Crippen LogP contribution is 2.12. The van der Waals surface area contributed by atoms with Gasteiger partial charge in [-0.2, -0.15) is 0 Å². The van der Waals surface area contributed by atoms with Crippen LogP contribution in [0.1, 0.15) is 32.4 Å². The molecule has 0 saturated carbocycles. The third-order valence-electron chi connectivity index (χ3n) is 2.84. The fourth-order valence-corrected chi connectivity index (χ4v) is 1.32. The highest BCUT2D eigenvalue weighted by molar-refractivity contribution is 5.85. The first-order chi connectivity index (χ1) is 7.47. The fourth-order valence-electron chi connectivity index (χ4n) is 1.32. The van der Waals surface area contributed by atoms with Crippen LogP contribution in [0.3, 0.4) is 0 Å². The van der Waals surface area contributed by atoms with Crippen LogP contribution >= 0.6 is 0 Å². The molecule has 0 radical (unpaired) electrons. The standard InChI is InChI=1S/C13H20N2O/c1-10(11-8-6-5-7-9-11)15-12(16)13(2,3)14-4/h5-10,14H,1-4H3,(H,15,16). The van der Waals surface area contributed by atoms with Crippen molar-refractivity contribution in [2.75, 3.05) is 7.05 Å². The zero-order valence-corrected chi connectivity index (χ0v) is 10.4. The number of carbonyl (C=O) groups is 1. The Morgan fingerprint density at radius 1 is 1.25 bits per heavy atom. The van der Waals surface area contributed by atoms with Crippen molar-refractivity contribution in [3.63, 3.8) is 0 Å². The monoisotopic (exact) mass is 220 g/mol. The molecule has 3 nitrogen and oxygen atoms in total. The number of amides is 1. The Bertz CT molecular complexity index is 346. The van der Waals surface area contributed by atoms with E-state index in [1.54, 1.807) is 7.05 Å². The maximum atomic E-state index is 11.9. The average molecular weight is 220 g/mol. The first-order valence-corrected chi connectivity index (χ1v) is 5.52. The molecule has 1 rings (SSSR count). The first kappa shape index (κ1) is 12.7. The van der Waals surface area contributed by atoms with E-state index in [4.69, 9.17) is 0 Å². The van der Waals surface area contributed by atoms with Gasteiger partial charge in [-0.1, -0.05) is 30.3 Å². The predicted molar refractivity (Wildman–Crippen MR) is 66.1 cm³/mol. The van der Waals surface area contributed by atoms with Gasteiger partial charge in [-0.15, -0.1) is 0 Å². The molecule has 0 aliphatic rings. The van der Waals surface area contributed by atoms with Gasteiger partial charge in [0.05, 0.1) is 11.6 Å². The summed E-state index contributed by atoms with van der Waals surface area (Å²) >= 11 is 0. The number of nitrogens with one attached hydrogen (secondary N) is 2. The van der Waals surface area contributed by atoms with Crippen LogP contribution in [0.15, 0.2) is 30.3 Å². The Morgan fingerprint density at radius 3 is 2.31 bits per heavy atom. The SMILES string of the molecule is CNC(C)(C)C(=O)NC(C)c1ccccc1. The molecule has 0 aliphatic carbocycles. The van der Waals surface area contributed by atoms with Crippen LogP contribution in [-0.4, -0.2) is 18.5 Å². The molecule has 0 aromatic heterocycles. The van der Waals surface area contributed by atoms with Crippen molar-refractivity contribution >= 4 is 5.91 Å². The first-order valence-electron chi connectivity index (χ1n) is 5.52. The average Bonchev–Trinajstić information content (AvgIpc) is 2.30. The Balaban J connectivity index is 2.66. The molecular weight excluding hydrogens is 200 g/mol. The van der Waals surface area contributed by atoms with Gasteiger partial charge in [-0.25, -0.2) is 0 Å². The lowest BCUT2D eigenvalue weighted by atomic mass is 10.0. The third-order valence-corrected chi connectivity index (χ3v) is 2.84. The minimum absolute atomic E-state index is 0.00588. The van der Waals surface area contributed by atoms with Crippen molar-refractivity contribution in [3.8, 4) is 0 Å². The van der Waals surface area contributed by atoms with E-state index in [1.807, 2.05) is 51.1 Å². The van der Waals surface area contributed by atoms with Crippen molar-refractivity contribution in [2.45, 2.75) is 32.4 Å². The second kappa shape index (κ2) is 5.12. The number of carbonyl (C=O) groups excluding carboxylic acids is 1. The van der Waals surface area contributed by atoms with E-state index in [0.29, 0.717) is 0 Å². The van der Waals surface area contributed by atoms with E-state index >= 15 is 0 Å². The summed E-state index contributed by atoms with van der Waals surface area (Å²) in [6.07, 6.45) is 0. The van der Waals surface area contributed by atoms with Gasteiger partial charge < -0.3 is 10.6 Å². The van der Waals surface area contributed by atoms with E-state index in [0.717, 1.165) is 5.56 Å². The second-order valence-electron chi connectivity index (χ2n) is 4.48. The van der Waals surface area contributed by atoms with Crippen LogP contribution in [0.2, 0.25) is 0 Å². The van der Waals surface area contributed by atoms with Crippen LogP contribution in [0.4, 0.5) is 0 Å². The Morgan fingerprint density at radius 2 is 1.81 bits per heavy atom. The van der Waals surface area contributed by atoms with Gasteiger partial charge in [0.2, 0.25) is 5.91 Å². The zero-order chi connectivity index (χ0) is 12.2. The minimum atomic E-state index is -0.539. The van der Waals surface area contributed by atoms with Gasteiger partial charge in [-0.05, 0) is 33.4 Å². The minimum Gasteiger partial charge on any atom is -0.348 e. The highest BCUT2D eigenvalue weighted by atomic mass is 16.2. The summed E-state index contributed by atoms with van der Waals surface area (Å²) in [6, 6.07) is 9.97. The van der Waals surface area contributed by atoms with E-state index in [2.05, 4.69) is 10.6 Å². The maximum absolute atomic E-state index is 11.9. The van der Waals surface area contributed by atoms with Crippen molar-refractivity contribution in [3.05, 3.63) is 35.9 Å². The molecule has 2 N–H and O–H groups in total. The van der Waals surface area contributed by atoms with Crippen LogP contribution in [0.5, 0.6) is 0 Å². The summed E-state index contributed by atoms with van der Waals surface area (Å²) in [5.41, 5.74) is 0.575. The summed E-state index contributed by atoms with van der Waals surface area (Å²) in [4.78, 5) is 11.9. The maximum Gasteiger partial charge on any atom is 0.240 e. The quantitative estimate of drug-likeness (QED) is 0.813. The molecule has 0 saturated heterocycles. The van der Waals surface area contributed by atoms with Gasteiger partial charge >= 0.3 is 0 Å². The molecule has 1 aromatic carbocycles. The van der Waals surface area contributed by atoms with Gasteiger partial charge in [0.25, 0.3) is 0 Å². The van der Waals surface area contributed by atoms with E-state index in [9.17, 15) is 4.79 Å². The molecule has 0 bridgehead atoms. The molecule has 1 unspecified atom stereocenters. The van der Waals surface area contributed by atoms with Crippen molar-refractivity contribution < 1.29 is 4.79 Å². The predicted octanol–water partition coefficient (Wildman–Crippen LogP) is 1.86. The number of hydrogen-bond donors (Lipinski definition) is 2. The van der Waals surface area contributed by atoms with Crippen LogP contribution in [-0.2, 0) is 4.79 Å². The van der Waals surface area contributed by atoms with Gasteiger partial charge in [0.15, 0.2) is 0 Å². The molecule has 1 amide bonds. The van der Waals surface area contributed by atoms with Crippen molar-refractivity contribution in [1.82, 2.24) is 10.6 Å². The molecule has 0 spiro atoms. The lowest BCUT2D eigenvalue weighted by Gasteiger charge is -2.25. The van der Waals surface area contributed by atoms with Crippen molar-refractivity contribution in [2.24, 2.45) is 0 Å². The zero-order valence-electron chi connectivity index (χ0n) is 10.4. The summed E-state index contributed by atoms with van der Waals surface area (Å²) in [7, 11) is 1.78. The summed E-state index contributed by atoms with van der Waals surface area (Å²) in [5, 5.41) is 5.97. The smallest absolute Gasteiger partial charge is 0.240 e. The summed E-state index contributed by atoms with van der Waals surface area (Å²) < 4.78 is 0. The molecule has 16 heavy (non-hydrogen) atoms. The fraction of sp³-hybridized carbons (Fsp3) is 0.462. The topological polar surface area (TPSA) is 41.1 Å². The summed E-state index contributed by atoms with van der Waals surface area (Å²) in [6.45, 7) is 5.71. The van der Waals surface area contributed by atoms with Crippen LogP contribution in [0, 0.1) is 0 Å². The van der Waals surface area contributed by atoms with Crippen LogP contribution in [0.25, 0.3) is 0 Å². The van der Waals surface area contributed by atoms with Gasteiger partial charge in [0, 0.05) is 0 Å². The van der Waals surface area contributed by atoms with E-state index in [1.165, 1.54) is 0 Å². The Kier molecular flexibility index (Phi) is 4.07. The highest BCUT2D eigenvalue weighted by Gasteiger charge is 2.26. The number of likely N-dealkylation sites (N-methyl/N-ethyl adjacent to an activating group) is 1. The molecule has 0 heterocycles. The lowest BCUT2D eigenvalue weighted by molar-refractivity contribution is -0.126. The molecule has 1 aromatic rings. The molecule has 0 fully saturated rings. The second-order valence-corrected chi connectivity index (χ2v) is 4.48. The number of benzene rings is 1. The largest absolute Gasteiger partial charge is 0.348 e. The number of rotatable bonds is 4. The van der Waals surface area contributed by atoms with Crippen molar-refractivity contribution in [1.29, 1.82) is 0 Å². The molecular formula is C13H20N2O. The molecule has 3 heteroatoms. The number of hydrogen-bond acceptors (Lipinski definition) is 2.